The van der Waals surface area contributed by atoms with Crippen LogP contribution in [0.1, 0.15) is 17.0 Å². The van der Waals surface area contributed by atoms with Crippen molar-refractivity contribution in [1.82, 2.24) is 4.98 Å². The van der Waals surface area contributed by atoms with Crippen molar-refractivity contribution in [1.29, 1.82) is 0 Å². The highest BCUT2D eigenvalue weighted by Crippen LogP contribution is 2.21. The third kappa shape index (κ3) is 2.76. The average molecular weight is 314 g/mol. The fourth-order valence-electron chi connectivity index (χ4n) is 1.83. The molecule has 0 bridgehead atoms. The topological polar surface area (TPSA) is 26.0 Å². The summed E-state index contributed by atoms with van der Waals surface area (Å²) in [5, 5.41) is 0. The zero-order valence-electron chi connectivity index (χ0n) is 10.4. The minimum atomic E-state index is 0.619. The maximum absolute atomic E-state index is 5.65. The summed E-state index contributed by atoms with van der Waals surface area (Å²) in [5.74, 6) is 0.619. The van der Waals surface area contributed by atoms with Gasteiger partial charge in [0.05, 0.1) is 0 Å². The Balaban J connectivity index is 1.90. The van der Waals surface area contributed by atoms with E-state index in [9.17, 15) is 0 Å². The first-order valence-corrected chi connectivity index (χ1v) is 6.81. The fraction of sp³-hybridized carbons (Fsp3) is 0.0625. The first-order valence-electron chi connectivity index (χ1n) is 6.01. The van der Waals surface area contributed by atoms with Crippen LogP contribution in [0.5, 0.6) is 0 Å². The zero-order valence-corrected chi connectivity index (χ0v) is 12.0. The Kier molecular flexibility index (Phi) is 3.22. The van der Waals surface area contributed by atoms with Crippen molar-refractivity contribution < 1.29 is 4.42 Å². The second-order valence-electron chi connectivity index (χ2n) is 4.41. The molecule has 0 saturated heterocycles. The molecule has 0 atom stereocenters. The van der Waals surface area contributed by atoms with Crippen LogP contribution in [0, 0.1) is 6.92 Å². The van der Waals surface area contributed by atoms with Gasteiger partial charge in [0.2, 0.25) is 5.89 Å². The van der Waals surface area contributed by atoms with Gasteiger partial charge in [0.1, 0.15) is 5.52 Å². The SMILES string of the molecule is Cc1ccc(/C=C/c2nc3cc(Br)ccc3o2)cc1. The van der Waals surface area contributed by atoms with E-state index in [1.807, 2.05) is 30.4 Å². The molecule has 3 rings (SSSR count). The van der Waals surface area contributed by atoms with Crippen molar-refractivity contribution in [3.8, 4) is 0 Å². The van der Waals surface area contributed by atoms with Gasteiger partial charge in [-0.15, -0.1) is 0 Å². The van der Waals surface area contributed by atoms with Crippen molar-refractivity contribution in [2.24, 2.45) is 0 Å². The Labute approximate surface area is 119 Å². The molecule has 1 aromatic heterocycles. The highest BCUT2D eigenvalue weighted by Gasteiger charge is 2.02. The van der Waals surface area contributed by atoms with Crippen LogP contribution in [0.3, 0.4) is 0 Å². The Morgan fingerprint density at radius 2 is 1.84 bits per heavy atom. The first-order chi connectivity index (χ1) is 9.20. The number of nitrogens with zero attached hydrogens (tertiary/aromatic N) is 1. The summed E-state index contributed by atoms with van der Waals surface area (Å²) in [6.45, 7) is 2.08. The molecule has 0 amide bonds. The maximum Gasteiger partial charge on any atom is 0.220 e. The van der Waals surface area contributed by atoms with Gasteiger partial charge < -0.3 is 4.42 Å². The van der Waals surface area contributed by atoms with Gasteiger partial charge in [-0.05, 0) is 36.8 Å². The molecule has 0 saturated carbocycles. The number of hydrogen-bond donors (Lipinski definition) is 0. The van der Waals surface area contributed by atoms with Crippen LogP contribution >= 0.6 is 15.9 Å². The average Bonchev–Trinajstić information content (AvgIpc) is 2.80. The van der Waals surface area contributed by atoms with E-state index in [0.717, 1.165) is 21.1 Å². The molecular formula is C16H12BrNO. The molecule has 3 aromatic rings. The molecule has 0 aliphatic heterocycles. The Bertz CT molecular complexity index is 741. The third-order valence-corrected chi connectivity index (χ3v) is 3.36. The van der Waals surface area contributed by atoms with Crippen LogP contribution < -0.4 is 0 Å². The van der Waals surface area contributed by atoms with Crippen molar-refractivity contribution in [2.45, 2.75) is 6.92 Å². The first kappa shape index (κ1) is 12.2. The van der Waals surface area contributed by atoms with Gasteiger partial charge in [0.15, 0.2) is 5.58 Å². The molecule has 0 radical (unpaired) electrons. The van der Waals surface area contributed by atoms with Gasteiger partial charge in [0, 0.05) is 10.5 Å². The van der Waals surface area contributed by atoms with Crippen LogP contribution in [0.4, 0.5) is 0 Å². The molecule has 19 heavy (non-hydrogen) atoms. The Morgan fingerprint density at radius 1 is 1.05 bits per heavy atom. The van der Waals surface area contributed by atoms with Crippen molar-refractivity contribution in [3.63, 3.8) is 0 Å². The lowest BCUT2D eigenvalue weighted by Crippen LogP contribution is -1.74. The lowest BCUT2D eigenvalue weighted by atomic mass is 10.1. The van der Waals surface area contributed by atoms with Gasteiger partial charge in [-0.2, -0.15) is 0 Å². The monoisotopic (exact) mass is 313 g/mol. The summed E-state index contributed by atoms with van der Waals surface area (Å²) in [7, 11) is 0. The highest BCUT2D eigenvalue weighted by molar-refractivity contribution is 9.10. The summed E-state index contributed by atoms with van der Waals surface area (Å²) < 4.78 is 6.65. The number of hydrogen-bond acceptors (Lipinski definition) is 2. The molecule has 0 aliphatic carbocycles. The largest absolute Gasteiger partial charge is 0.437 e. The van der Waals surface area contributed by atoms with Crippen molar-refractivity contribution >= 4 is 39.2 Å². The normalized spacial score (nSPS) is 11.5. The summed E-state index contributed by atoms with van der Waals surface area (Å²) in [5.41, 5.74) is 4.04. The summed E-state index contributed by atoms with van der Waals surface area (Å²) in [6.07, 6.45) is 3.89. The standard InChI is InChI=1S/C16H12BrNO/c1-11-2-4-12(5-3-11)6-9-16-18-14-10-13(17)7-8-15(14)19-16/h2-10H,1H3/b9-6+. The number of fused-ring (bicyclic) bond motifs is 1. The van der Waals surface area contributed by atoms with Crippen LogP contribution in [0.25, 0.3) is 23.3 Å². The number of aryl methyl sites for hydroxylation is 1. The van der Waals surface area contributed by atoms with E-state index >= 15 is 0 Å². The van der Waals surface area contributed by atoms with Crippen LogP contribution in [0.15, 0.2) is 51.4 Å². The lowest BCUT2D eigenvalue weighted by Gasteiger charge is -1.93. The number of oxazole rings is 1. The van der Waals surface area contributed by atoms with Gasteiger partial charge in [-0.1, -0.05) is 45.8 Å². The molecular weight excluding hydrogens is 302 g/mol. The van der Waals surface area contributed by atoms with E-state index in [0.29, 0.717) is 5.89 Å². The molecule has 0 fully saturated rings. The molecule has 0 spiro atoms. The van der Waals surface area contributed by atoms with Gasteiger partial charge in [-0.25, -0.2) is 4.98 Å². The number of rotatable bonds is 2. The van der Waals surface area contributed by atoms with E-state index in [1.54, 1.807) is 0 Å². The van der Waals surface area contributed by atoms with E-state index in [4.69, 9.17) is 4.42 Å². The minimum Gasteiger partial charge on any atom is -0.437 e. The summed E-state index contributed by atoms with van der Waals surface area (Å²) in [4.78, 5) is 4.42. The molecule has 1 heterocycles. The molecule has 2 nitrogen and oxygen atoms in total. The predicted molar refractivity (Wildman–Crippen MR) is 81.8 cm³/mol. The van der Waals surface area contributed by atoms with E-state index in [1.165, 1.54) is 5.56 Å². The quantitative estimate of drug-likeness (QED) is 0.660. The van der Waals surface area contributed by atoms with Crippen LogP contribution in [-0.4, -0.2) is 4.98 Å². The predicted octanol–water partition coefficient (Wildman–Crippen LogP) is 5.07. The molecule has 94 valence electrons. The van der Waals surface area contributed by atoms with Crippen LogP contribution in [-0.2, 0) is 0 Å². The zero-order chi connectivity index (χ0) is 13.2. The smallest absolute Gasteiger partial charge is 0.220 e. The minimum absolute atomic E-state index is 0.619. The molecule has 0 unspecified atom stereocenters. The van der Waals surface area contributed by atoms with Crippen molar-refractivity contribution in [3.05, 3.63) is 64.0 Å². The lowest BCUT2D eigenvalue weighted by molar-refractivity contribution is 0.589. The molecule has 0 N–H and O–H groups in total. The van der Waals surface area contributed by atoms with Gasteiger partial charge >= 0.3 is 0 Å². The van der Waals surface area contributed by atoms with E-state index < -0.39 is 0 Å². The fourth-order valence-corrected chi connectivity index (χ4v) is 2.18. The number of aromatic nitrogens is 1. The molecule has 3 heteroatoms. The Morgan fingerprint density at radius 3 is 2.63 bits per heavy atom. The van der Waals surface area contributed by atoms with Crippen molar-refractivity contribution in [2.75, 3.05) is 0 Å². The summed E-state index contributed by atoms with van der Waals surface area (Å²) in [6, 6.07) is 14.1. The highest BCUT2D eigenvalue weighted by atomic mass is 79.9. The number of benzene rings is 2. The second kappa shape index (κ2) is 5.02. The molecule has 2 aromatic carbocycles. The Hall–Kier alpha value is -1.87. The maximum atomic E-state index is 5.65. The van der Waals surface area contributed by atoms with Gasteiger partial charge in [-0.3, -0.25) is 0 Å². The third-order valence-electron chi connectivity index (χ3n) is 2.86. The van der Waals surface area contributed by atoms with E-state index in [2.05, 4.69) is 52.1 Å². The van der Waals surface area contributed by atoms with E-state index in [-0.39, 0.29) is 0 Å². The number of halogens is 1. The summed E-state index contributed by atoms with van der Waals surface area (Å²) >= 11 is 3.42. The molecule has 0 aliphatic rings. The van der Waals surface area contributed by atoms with Crippen LogP contribution in [0.2, 0.25) is 0 Å². The van der Waals surface area contributed by atoms with Gasteiger partial charge in [0.25, 0.3) is 0 Å². The second-order valence-corrected chi connectivity index (χ2v) is 5.32.